The van der Waals surface area contributed by atoms with Crippen molar-refractivity contribution in [3.63, 3.8) is 0 Å². The summed E-state index contributed by atoms with van der Waals surface area (Å²) < 4.78 is 25.6. The Balaban J connectivity index is 2.35. The maximum Gasteiger partial charge on any atom is 0.220 e. The number of benzene rings is 1. The van der Waals surface area contributed by atoms with Gasteiger partial charge in [0.15, 0.2) is 11.6 Å². The summed E-state index contributed by atoms with van der Waals surface area (Å²) in [5.41, 5.74) is 0.568. The lowest BCUT2D eigenvalue weighted by Crippen LogP contribution is -2.34. The van der Waals surface area contributed by atoms with Gasteiger partial charge >= 0.3 is 0 Å². The Labute approximate surface area is 111 Å². The van der Waals surface area contributed by atoms with Gasteiger partial charge in [-0.2, -0.15) is 0 Å². The van der Waals surface area contributed by atoms with Crippen molar-refractivity contribution in [2.45, 2.75) is 32.8 Å². The van der Waals surface area contributed by atoms with Gasteiger partial charge in [0, 0.05) is 13.0 Å². The number of carbonyl (C=O) groups excluding carboxylic acids is 1. The van der Waals surface area contributed by atoms with Crippen molar-refractivity contribution in [1.82, 2.24) is 5.32 Å². The molecule has 0 spiro atoms. The van der Waals surface area contributed by atoms with Crippen molar-refractivity contribution in [2.24, 2.45) is 5.92 Å². The molecule has 0 saturated heterocycles. The van der Waals surface area contributed by atoms with Crippen molar-refractivity contribution >= 4 is 5.91 Å². The molecule has 19 heavy (non-hydrogen) atoms. The number of hydrogen-bond acceptors (Lipinski definition) is 2. The second-order valence-corrected chi connectivity index (χ2v) is 4.86. The SMILES string of the molecule is CC(C)C(O)CNC(=O)CCc1ccc(F)c(F)c1. The number of aryl methyl sites for hydroxylation is 1. The van der Waals surface area contributed by atoms with Crippen LogP contribution in [-0.2, 0) is 11.2 Å². The summed E-state index contributed by atoms with van der Waals surface area (Å²) in [6, 6.07) is 3.59. The van der Waals surface area contributed by atoms with E-state index in [0.29, 0.717) is 12.0 Å². The number of nitrogens with one attached hydrogen (secondary N) is 1. The summed E-state index contributed by atoms with van der Waals surface area (Å²) in [6.07, 6.45) is -0.0660. The zero-order valence-electron chi connectivity index (χ0n) is 11.1. The lowest BCUT2D eigenvalue weighted by Gasteiger charge is -2.14. The number of carbonyl (C=O) groups is 1. The second kappa shape index (κ2) is 7.19. The zero-order chi connectivity index (χ0) is 14.4. The molecule has 3 nitrogen and oxygen atoms in total. The first-order valence-corrected chi connectivity index (χ1v) is 6.29. The third-order valence-corrected chi connectivity index (χ3v) is 2.90. The molecule has 1 amide bonds. The van der Waals surface area contributed by atoms with E-state index < -0.39 is 17.7 Å². The molecule has 5 heteroatoms. The second-order valence-electron chi connectivity index (χ2n) is 4.86. The fourth-order valence-corrected chi connectivity index (χ4v) is 1.50. The number of aliphatic hydroxyl groups excluding tert-OH is 1. The molecule has 106 valence electrons. The van der Waals surface area contributed by atoms with E-state index >= 15 is 0 Å². The predicted octanol–water partition coefficient (Wildman–Crippen LogP) is 2.03. The highest BCUT2D eigenvalue weighted by Gasteiger charge is 2.11. The van der Waals surface area contributed by atoms with E-state index in [-0.39, 0.29) is 24.8 Å². The molecule has 0 aliphatic carbocycles. The van der Waals surface area contributed by atoms with Crippen LogP contribution in [0.2, 0.25) is 0 Å². The molecule has 0 heterocycles. The van der Waals surface area contributed by atoms with Crippen molar-refractivity contribution in [2.75, 3.05) is 6.54 Å². The number of aliphatic hydroxyl groups is 1. The molecule has 1 aromatic carbocycles. The third kappa shape index (κ3) is 5.34. The van der Waals surface area contributed by atoms with Gasteiger partial charge in [-0.25, -0.2) is 8.78 Å². The zero-order valence-corrected chi connectivity index (χ0v) is 11.1. The lowest BCUT2D eigenvalue weighted by atomic mass is 10.1. The molecule has 0 radical (unpaired) electrons. The fourth-order valence-electron chi connectivity index (χ4n) is 1.50. The van der Waals surface area contributed by atoms with E-state index in [1.807, 2.05) is 13.8 Å². The molecule has 2 N–H and O–H groups in total. The van der Waals surface area contributed by atoms with Crippen LogP contribution in [0.1, 0.15) is 25.8 Å². The van der Waals surface area contributed by atoms with E-state index in [9.17, 15) is 18.7 Å². The fraction of sp³-hybridized carbons (Fsp3) is 0.500. The molecule has 1 unspecified atom stereocenters. The highest BCUT2D eigenvalue weighted by molar-refractivity contribution is 5.76. The van der Waals surface area contributed by atoms with Crippen molar-refractivity contribution in [3.8, 4) is 0 Å². The third-order valence-electron chi connectivity index (χ3n) is 2.90. The molecular formula is C14H19F2NO2. The Morgan fingerprint density at radius 1 is 1.32 bits per heavy atom. The minimum Gasteiger partial charge on any atom is -0.391 e. The van der Waals surface area contributed by atoms with Gasteiger partial charge in [-0.15, -0.1) is 0 Å². The van der Waals surface area contributed by atoms with E-state index in [2.05, 4.69) is 5.32 Å². The summed E-state index contributed by atoms with van der Waals surface area (Å²) in [5.74, 6) is -1.95. The van der Waals surface area contributed by atoms with Gasteiger partial charge < -0.3 is 10.4 Å². The molecule has 1 rings (SSSR count). The number of rotatable bonds is 6. The smallest absolute Gasteiger partial charge is 0.220 e. The maximum absolute atomic E-state index is 12.9. The lowest BCUT2D eigenvalue weighted by molar-refractivity contribution is -0.121. The van der Waals surface area contributed by atoms with Crippen LogP contribution < -0.4 is 5.32 Å². The Morgan fingerprint density at radius 2 is 2.00 bits per heavy atom. The first kappa shape index (κ1) is 15.6. The van der Waals surface area contributed by atoms with Gasteiger partial charge in [0.25, 0.3) is 0 Å². The summed E-state index contributed by atoms with van der Waals surface area (Å²) in [5, 5.41) is 12.1. The van der Waals surface area contributed by atoms with Crippen LogP contribution in [0.5, 0.6) is 0 Å². The Hall–Kier alpha value is -1.49. The molecule has 0 saturated carbocycles. The van der Waals surface area contributed by atoms with Gasteiger partial charge in [0.2, 0.25) is 5.91 Å². The average molecular weight is 271 g/mol. The van der Waals surface area contributed by atoms with E-state index in [1.165, 1.54) is 6.07 Å². The van der Waals surface area contributed by atoms with E-state index in [0.717, 1.165) is 12.1 Å². The predicted molar refractivity (Wildman–Crippen MR) is 68.5 cm³/mol. The summed E-state index contributed by atoms with van der Waals surface area (Å²) >= 11 is 0. The van der Waals surface area contributed by atoms with Crippen LogP contribution >= 0.6 is 0 Å². The molecule has 0 fully saturated rings. The van der Waals surface area contributed by atoms with Crippen LogP contribution in [0, 0.1) is 17.6 Å². The summed E-state index contributed by atoms with van der Waals surface area (Å²) in [7, 11) is 0. The molecule has 1 aromatic rings. The quantitative estimate of drug-likeness (QED) is 0.831. The van der Waals surface area contributed by atoms with Gasteiger partial charge in [0.05, 0.1) is 6.10 Å². The average Bonchev–Trinajstić information content (AvgIpc) is 2.37. The Morgan fingerprint density at radius 3 is 2.58 bits per heavy atom. The van der Waals surface area contributed by atoms with Gasteiger partial charge in [-0.1, -0.05) is 19.9 Å². The van der Waals surface area contributed by atoms with E-state index in [1.54, 1.807) is 0 Å². The molecule has 1 atom stereocenters. The maximum atomic E-state index is 12.9. The van der Waals surface area contributed by atoms with Crippen LogP contribution in [0.4, 0.5) is 8.78 Å². The molecule has 0 bridgehead atoms. The molecular weight excluding hydrogens is 252 g/mol. The number of hydrogen-bond donors (Lipinski definition) is 2. The van der Waals surface area contributed by atoms with Crippen LogP contribution in [0.3, 0.4) is 0 Å². The Kier molecular flexibility index (Phi) is 5.89. The minimum absolute atomic E-state index is 0.0755. The summed E-state index contributed by atoms with van der Waals surface area (Å²) in [4.78, 5) is 11.5. The monoisotopic (exact) mass is 271 g/mol. The van der Waals surface area contributed by atoms with Gasteiger partial charge in [-0.3, -0.25) is 4.79 Å². The molecule has 0 aliphatic heterocycles. The van der Waals surface area contributed by atoms with Crippen LogP contribution in [0.25, 0.3) is 0 Å². The standard InChI is InChI=1S/C14H19F2NO2/c1-9(2)13(18)8-17-14(19)6-4-10-3-5-11(15)12(16)7-10/h3,5,7,9,13,18H,4,6,8H2,1-2H3,(H,17,19). The van der Waals surface area contributed by atoms with E-state index in [4.69, 9.17) is 0 Å². The normalized spacial score (nSPS) is 12.5. The van der Waals surface area contributed by atoms with Crippen LogP contribution in [0.15, 0.2) is 18.2 Å². The van der Waals surface area contributed by atoms with Crippen molar-refractivity contribution in [1.29, 1.82) is 0 Å². The number of halogens is 2. The molecule has 0 aromatic heterocycles. The largest absolute Gasteiger partial charge is 0.391 e. The molecule has 0 aliphatic rings. The van der Waals surface area contributed by atoms with Gasteiger partial charge in [-0.05, 0) is 30.0 Å². The Bertz CT molecular complexity index is 435. The van der Waals surface area contributed by atoms with Crippen molar-refractivity contribution < 1.29 is 18.7 Å². The topological polar surface area (TPSA) is 49.3 Å². The van der Waals surface area contributed by atoms with Crippen molar-refractivity contribution in [3.05, 3.63) is 35.4 Å². The highest BCUT2D eigenvalue weighted by atomic mass is 19.2. The summed E-state index contributed by atoms with van der Waals surface area (Å²) in [6.45, 7) is 3.92. The first-order valence-electron chi connectivity index (χ1n) is 6.29. The first-order chi connectivity index (χ1) is 8.90. The minimum atomic E-state index is -0.909. The van der Waals surface area contributed by atoms with Gasteiger partial charge in [0.1, 0.15) is 0 Å². The van der Waals surface area contributed by atoms with Crippen LogP contribution in [-0.4, -0.2) is 23.7 Å². The highest BCUT2D eigenvalue weighted by Crippen LogP contribution is 2.10. The number of amides is 1.